The third-order valence-corrected chi connectivity index (χ3v) is 6.81. The van der Waals surface area contributed by atoms with Crippen LogP contribution in [0.4, 0.5) is 5.69 Å². The van der Waals surface area contributed by atoms with Gasteiger partial charge in [0.1, 0.15) is 0 Å². The number of amides is 2. The molecule has 0 saturated carbocycles. The van der Waals surface area contributed by atoms with E-state index in [9.17, 15) is 9.59 Å². The van der Waals surface area contributed by atoms with Crippen LogP contribution in [0.5, 0.6) is 0 Å². The van der Waals surface area contributed by atoms with Crippen LogP contribution in [0.25, 0.3) is 0 Å². The van der Waals surface area contributed by atoms with E-state index < -0.39 is 0 Å². The van der Waals surface area contributed by atoms with Gasteiger partial charge in [-0.15, -0.1) is 11.8 Å². The largest absolute Gasteiger partial charge is 0.343 e. The Kier molecular flexibility index (Phi) is 7.62. The van der Waals surface area contributed by atoms with Gasteiger partial charge in [0.05, 0.1) is 5.56 Å². The van der Waals surface area contributed by atoms with Crippen molar-refractivity contribution in [3.8, 4) is 0 Å². The first-order valence-corrected chi connectivity index (χ1v) is 12.1. The van der Waals surface area contributed by atoms with Crippen LogP contribution in [-0.4, -0.2) is 29.8 Å². The minimum atomic E-state index is -0.113. The maximum Gasteiger partial charge on any atom is 0.256 e. The monoisotopic (exact) mass is 444 g/mol. The van der Waals surface area contributed by atoms with Gasteiger partial charge >= 0.3 is 0 Å². The number of nitrogens with one attached hydrogen (secondary N) is 1. The Morgan fingerprint density at radius 3 is 2.25 bits per heavy atom. The Hall–Kier alpha value is -3.05. The molecular weight excluding hydrogens is 416 g/mol. The summed E-state index contributed by atoms with van der Waals surface area (Å²) in [5.74, 6) is 0.943. The van der Waals surface area contributed by atoms with Crippen LogP contribution >= 0.6 is 11.8 Å². The molecule has 3 aromatic rings. The van der Waals surface area contributed by atoms with Crippen molar-refractivity contribution in [3.63, 3.8) is 0 Å². The lowest BCUT2D eigenvalue weighted by molar-refractivity contribution is -0.130. The molecule has 4 rings (SSSR count). The second kappa shape index (κ2) is 11.0. The summed E-state index contributed by atoms with van der Waals surface area (Å²) in [6.45, 7) is 1.80. The van der Waals surface area contributed by atoms with Crippen molar-refractivity contribution in [1.29, 1.82) is 0 Å². The van der Waals surface area contributed by atoms with Gasteiger partial charge in [-0.2, -0.15) is 0 Å². The molecule has 1 aliphatic rings. The lowest BCUT2D eigenvalue weighted by Gasteiger charge is -2.15. The van der Waals surface area contributed by atoms with Gasteiger partial charge in [0.25, 0.3) is 5.91 Å². The van der Waals surface area contributed by atoms with Crippen molar-refractivity contribution in [3.05, 3.63) is 95.6 Å². The summed E-state index contributed by atoms with van der Waals surface area (Å²) in [6.07, 6.45) is 3.50. The highest BCUT2D eigenvalue weighted by Crippen LogP contribution is 2.27. The molecule has 0 unspecified atom stereocenters. The van der Waals surface area contributed by atoms with Crippen LogP contribution in [-0.2, 0) is 17.0 Å². The van der Waals surface area contributed by atoms with Gasteiger partial charge in [0.2, 0.25) is 5.91 Å². The summed E-state index contributed by atoms with van der Waals surface area (Å²) in [4.78, 5) is 28.1. The van der Waals surface area contributed by atoms with Crippen LogP contribution < -0.4 is 5.32 Å². The van der Waals surface area contributed by atoms with Gasteiger partial charge in [-0.05, 0) is 54.7 Å². The first kappa shape index (κ1) is 22.2. The summed E-state index contributed by atoms with van der Waals surface area (Å²) < 4.78 is 0. The molecule has 3 aromatic carbocycles. The highest BCUT2D eigenvalue weighted by molar-refractivity contribution is 7.98. The van der Waals surface area contributed by atoms with Gasteiger partial charge in [-0.25, -0.2) is 0 Å². The second-order valence-corrected chi connectivity index (χ2v) is 9.03. The molecule has 1 aliphatic heterocycles. The van der Waals surface area contributed by atoms with E-state index in [1.54, 1.807) is 11.8 Å². The number of benzene rings is 3. The van der Waals surface area contributed by atoms with Crippen LogP contribution in [0, 0.1) is 0 Å². The van der Waals surface area contributed by atoms with Crippen molar-refractivity contribution in [2.75, 3.05) is 18.4 Å². The average molecular weight is 445 g/mol. The zero-order chi connectivity index (χ0) is 22.2. The van der Waals surface area contributed by atoms with Crippen molar-refractivity contribution in [2.24, 2.45) is 0 Å². The number of anilines is 1. The number of aryl methyl sites for hydroxylation is 1. The molecule has 0 aliphatic carbocycles. The lowest BCUT2D eigenvalue weighted by Crippen LogP contribution is -2.27. The fourth-order valence-corrected chi connectivity index (χ4v) is 4.85. The molecule has 0 bridgehead atoms. The Balaban J connectivity index is 1.33. The summed E-state index contributed by atoms with van der Waals surface area (Å²) in [7, 11) is 0. The van der Waals surface area contributed by atoms with Gasteiger partial charge < -0.3 is 10.2 Å². The van der Waals surface area contributed by atoms with Crippen molar-refractivity contribution >= 4 is 29.3 Å². The van der Waals surface area contributed by atoms with E-state index in [4.69, 9.17) is 0 Å². The van der Waals surface area contributed by atoms with E-state index in [0.717, 1.165) is 54.3 Å². The highest BCUT2D eigenvalue weighted by atomic mass is 32.2. The minimum Gasteiger partial charge on any atom is -0.343 e. The molecule has 164 valence electrons. The Morgan fingerprint density at radius 1 is 0.812 bits per heavy atom. The number of likely N-dealkylation sites (tertiary alicyclic amines) is 1. The third kappa shape index (κ3) is 6.01. The van der Waals surface area contributed by atoms with Crippen molar-refractivity contribution in [1.82, 2.24) is 4.90 Å². The Bertz CT molecular complexity index is 1040. The molecular formula is C27H28N2O2S. The number of rotatable bonds is 8. The third-order valence-electron chi connectivity index (χ3n) is 5.67. The molecule has 1 N–H and O–H groups in total. The SMILES string of the molecule is O=C(Nc1ccc(CCC(=O)N2CCCC2)cc1)c1ccccc1SCc1ccccc1. The molecule has 1 fully saturated rings. The number of hydrogen-bond donors (Lipinski definition) is 1. The summed E-state index contributed by atoms with van der Waals surface area (Å²) in [6, 6.07) is 25.7. The molecule has 32 heavy (non-hydrogen) atoms. The zero-order valence-corrected chi connectivity index (χ0v) is 18.9. The maximum absolute atomic E-state index is 12.9. The smallest absolute Gasteiger partial charge is 0.256 e. The number of thioether (sulfide) groups is 1. The van der Waals surface area contributed by atoms with Crippen molar-refractivity contribution < 1.29 is 9.59 Å². The van der Waals surface area contributed by atoms with E-state index in [0.29, 0.717) is 12.0 Å². The van der Waals surface area contributed by atoms with E-state index in [2.05, 4.69) is 17.4 Å². The van der Waals surface area contributed by atoms with Crippen LogP contribution in [0.1, 0.15) is 40.7 Å². The normalized spacial score (nSPS) is 13.2. The molecule has 1 saturated heterocycles. The van der Waals surface area contributed by atoms with Crippen LogP contribution in [0.15, 0.2) is 83.8 Å². The second-order valence-electron chi connectivity index (χ2n) is 8.01. The van der Waals surface area contributed by atoms with Gasteiger partial charge in [-0.3, -0.25) is 9.59 Å². The van der Waals surface area contributed by atoms with Crippen LogP contribution in [0.3, 0.4) is 0 Å². The predicted molar refractivity (Wildman–Crippen MR) is 131 cm³/mol. The quantitative estimate of drug-likeness (QED) is 0.448. The number of hydrogen-bond acceptors (Lipinski definition) is 3. The van der Waals surface area contributed by atoms with E-state index in [-0.39, 0.29) is 11.8 Å². The number of nitrogens with zero attached hydrogens (tertiary/aromatic N) is 1. The molecule has 0 atom stereocenters. The molecule has 0 spiro atoms. The van der Waals surface area contributed by atoms with E-state index in [1.165, 1.54) is 5.56 Å². The first-order chi connectivity index (χ1) is 15.7. The summed E-state index contributed by atoms with van der Waals surface area (Å²) in [5, 5.41) is 3.01. The number of carbonyl (C=O) groups excluding carboxylic acids is 2. The minimum absolute atomic E-state index is 0.113. The molecule has 5 heteroatoms. The summed E-state index contributed by atoms with van der Waals surface area (Å²) in [5.41, 5.74) is 3.77. The maximum atomic E-state index is 12.9. The van der Waals surface area contributed by atoms with Crippen LogP contribution in [0.2, 0.25) is 0 Å². The number of carbonyl (C=O) groups is 2. The highest BCUT2D eigenvalue weighted by Gasteiger charge is 2.17. The lowest BCUT2D eigenvalue weighted by atomic mass is 10.1. The Morgan fingerprint density at radius 2 is 1.50 bits per heavy atom. The summed E-state index contributed by atoms with van der Waals surface area (Å²) >= 11 is 1.66. The first-order valence-electron chi connectivity index (χ1n) is 11.1. The molecule has 1 heterocycles. The molecule has 0 radical (unpaired) electrons. The molecule has 4 nitrogen and oxygen atoms in total. The molecule has 2 amide bonds. The standard InChI is InChI=1S/C27H28N2O2S/c30-26(29-18-6-7-19-29)17-14-21-12-15-23(16-13-21)28-27(31)24-10-4-5-11-25(24)32-20-22-8-2-1-3-9-22/h1-5,8-13,15-16H,6-7,14,17-20H2,(H,28,31). The van der Waals surface area contributed by atoms with Gasteiger partial charge in [0, 0.05) is 35.8 Å². The van der Waals surface area contributed by atoms with Gasteiger partial charge in [0.15, 0.2) is 0 Å². The molecule has 0 aromatic heterocycles. The topological polar surface area (TPSA) is 49.4 Å². The van der Waals surface area contributed by atoms with Crippen molar-refractivity contribution in [2.45, 2.75) is 36.3 Å². The van der Waals surface area contributed by atoms with Gasteiger partial charge in [-0.1, -0.05) is 54.6 Å². The van der Waals surface area contributed by atoms with E-state index in [1.807, 2.05) is 71.6 Å². The predicted octanol–water partition coefficient (Wildman–Crippen LogP) is 5.79. The fourth-order valence-electron chi connectivity index (χ4n) is 3.84. The zero-order valence-electron chi connectivity index (χ0n) is 18.1. The average Bonchev–Trinajstić information content (AvgIpc) is 3.38. The fraction of sp³-hybridized carbons (Fsp3) is 0.259. The van der Waals surface area contributed by atoms with E-state index >= 15 is 0 Å². The Labute approximate surface area is 194 Å².